The van der Waals surface area contributed by atoms with Gasteiger partial charge in [-0.25, -0.2) is 0 Å². The fourth-order valence-corrected chi connectivity index (χ4v) is 1.53. The minimum Gasteiger partial charge on any atom is -0.269 e. The van der Waals surface area contributed by atoms with Gasteiger partial charge in [0.1, 0.15) is 14.7 Å². The Bertz CT molecular complexity index is 398. The van der Waals surface area contributed by atoms with Gasteiger partial charge in [-0.15, -0.1) is 0 Å². The third-order valence-corrected chi connectivity index (χ3v) is 2.28. The fourth-order valence-electron chi connectivity index (χ4n) is 0.845. The standard InChI is InChI=1S/C6H3ClIN3/c7-3-1-4-5(9-2-3)6(8)11-10-4/h1-2H,(H,10,11). The molecule has 0 fully saturated rings. The molecule has 0 saturated heterocycles. The van der Waals surface area contributed by atoms with E-state index in [-0.39, 0.29) is 0 Å². The number of pyridine rings is 1. The van der Waals surface area contributed by atoms with Crippen molar-refractivity contribution in [1.82, 2.24) is 15.2 Å². The lowest BCUT2D eigenvalue weighted by atomic mass is 10.4. The van der Waals surface area contributed by atoms with Gasteiger partial charge in [0.05, 0.1) is 5.02 Å². The normalized spacial score (nSPS) is 10.7. The van der Waals surface area contributed by atoms with Crippen LogP contribution in [0.4, 0.5) is 0 Å². The minimum absolute atomic E-state index is 0.611. The maximum Gasteiger partial charge on any atom is 0.122 e. The Morgan fingerprint density at radius 3 is 3.18 bits per heavy atom. The molecule has 5 heteroatoms. The number of H-pyrrole nitrogens is 1. The third kappa shape index (κ3) is 1.20. The van der Waals surface area contributed by atoms with E-state index in [4.69, 9.17) is 11.6 Å². The predicted octanol–water partition coefficient (Wildman–Crippen LogP) is 2.22. The van der Waals surface area contributed by atoms with E-state index in [1.165, 1.54) is 0 Å². The summed E-state index contributed by atoms with van der Waals surface area (Å²) in [6.07, 6.45) is 1.61. The Hall–Kier alpha value is -0.360. The van der Waals surface area contributed by atoms with Gasteiger partial charge in [0.15, 0.2) is 0 Å². The summed E-state index contributed by atoms with van der Waals surface area (Å²) in [6, 6.07) is 1.78. The van der Waals surface area contributed by atoms with Crippen LogP contribution in [0.5, 0.6) is 0 Å². The number of nitrogens with one attached hydrogen (secondary N) is 1. The van der Waals surface area contributed by atoms with E-state index in [9.17, 15) is 0 Å². The van der Waals surface area contributed by atoms with Gasteiger partial charge in [0.2, 0.25) is 0 Å². The zero-order valence-electron chi connectivity index (χ0n) is 5.31. The number of hydrogen-bond acceptors (Lipinski definition) is 2. The average molecular weight is 279 g/mol. The maximum atomic E-state index is 5.71. The zero-order valence-corrected chi connectivity index (χ0v) is 8.22. The molecule has 56 valence electrons. The molecule has 3 nitrogen and oxygen atoms in total. The van der Waals surface area contributed by atoms with Crippen molar-refractivity contribution in [3.8, 4) is 0 Å². The largest absolute Gasteiger partial charge is 0.269 e. The summed E-state index contributed by atoms with van der Waals surface area (Å²) in [6.45, 7) is 0. The highest BCUT2D eigenvalue weighted by atomic mass is 127. The molecule has 0 radical (unpaired) electrons. The minimum atomic E-state index is 0.611. The van der Waals surface area contributed by atoms with E-state index in [0.717, 1.165) is 14.7 Å². The number of nitrogens with zero attached hydrogens (tertiary/aromatic N) is 2. The van der Waals surface area contributed by atoms with Crippen LogP contribution in [0.15, 0.2) is 12.3 Å². The van der Waals surface area contributed by atoms with Crippen LogP contribution in [-0.4, -0.2) is 15.2 Å². The molecule has 11 heavy (non-hydrogen) atoms. The lowest BCUT2D eigenvalue weighted by molar-refractivity contribution is 1.09. The van der Waals surface area contributed by atoms with Crippen molar-refractivity contribution >= 4 is 45.2 Å². The van der Waals surface area contributed by atoms with Crippen LogP contribution in [-0.2, 0) is 0 Å². The second kappa shape index (κ2) is 2.60. The number of halogens is 2. The molecule has 2 heterocycles. The quantitative estimate of drug-likeness (QED) is 0.751. The first-order chi connectivity index (χ1) is 5.27. The molecule has 2 rings (SSSR count). The Labute approximate surface area is 81.3 Å². The Morgan fingerprint density at radius 1 is 1.55 bits per heavy atom. The second-order valence-corrected chi connectivity index (χ2v) is 3.57. The van der Waals surface area contributed by atoms with Crippen LogP contribution >= 0.6 is 34.2 Å². The first kappa shape index (κ1) is 7.30. The number of hydrogen-bond donors (Lipinski definition) is 1. The molecule has 0 atom stereocenters. The highest BCUT2D eigenvalue weighted by Gasteiger charge is 2.02. The number of rotatable bonds is 0. The third-order valence-electron chi connectivity index (χ3n) is 1.32. The van der Waals surface area contributed by atoms with Crippen LogP contribution in [0.3, 0.4) is 0 Å². The molecule has 2 aromatic rings. The van der Waals surface area contributed by atoms with E-state index in [1.54, 1.807) is 12.3 Å². The van der Waals surface area contributed by atoms with Gasteiger partial charge in [-0.2, -0.15) is 5.10 Å². The summed E-state index contributed by atoms with van der Waals surface area (Å²) in [5, 5.41) is 7.43. The van der Waals surface area contributed by atoms with E-state index in [2.05, 4.69) is 37.8 Å². The lowest BCUT2D eigenvalue weighted by Crippen LogP contribution is -1.75. The molecule has 0 aliphatic rings. The Morgan fingerprint density at radius 2 is 2.36 bits per heavy atom. The van der Waals surface area contributed by atoms with Gasteiger partial charge in [-0.1, -0.05) is 11.6 Å². The SMILES string of the molecule is Clc1cnc2c(I)[nH]nc2c1. The summed E-state index contributed by atoms with van der Waals surface area (Å²) in [4.78, 5) is 4.11. The molecule has 1 N–H and O–H groups in total. The molecule has 0 aliphatic heterocycles. The number of aromatic nitrogens is 3. The van der Waals surface area contributed by atoms with E-state index in [0.29, 0.717) is 5.02 Å². The summed E-state index contributed by atoms with van der Waals surface area (Å²) >= 11 is 7.85. The van der Waals surface area contributed by atoms with Crippen molar-refractivity contribution in [2.24, 2.45) is 0 Å². The fraction of sp³-hybridized carbons (Fsp3) is 0. The highest BCUT2D eigenvalue weighted by Crippen LogP contribution is 2.17. The molecular weight excluding hydrogens is 276 g/mol. The molecule has 0 spiro atoms. The molecule has 0 aromatic carbocycles. The molecule has 0 aliphatic carbocycles. The summed E-state index contributed by atoms with van der Waals surface area (Å²) in [5.74, 6) is 0. The van der Waals surface area contributed by atoms with Gasteiger partial charge in [0.25, 0.3) is 0 Å². The van der Waals surface area contributed by atoms with E-state index < -0.39 is 0 Å². The van der Waals surface area contributed by atoms with Crippen LogP contribution in [0.25, 0.3) is 11.0 Å². The maximum absolute atomic E-state index is 5.71. The number of aromatic amines is 1. The first-order valence-electron chi connectivity index (χ1n) is 2.92. The predicted molar refractivity (Wildman–Crippen MR) is 51.6 cm³/mol. The highest BCUT2D eigenvalue weighted by molar-refractivity contribution is 14.1. The van der Waals surface area contributed by atoms with Crippen LogP contribution < -0.4 is 0 Å². The lowest BCUT2D eigenvalue weighted by Gasteiger charge is -1.87. The van der Waals surface area contributed by atoms with Gasteiger partial charge >= 0.3 is 0 Å². The molecule has 0 saturated carbocycles. The van der Waals surface area contributed by atoms with E-state index in [1.807, 2.05) is 0 Å². The van der Waals surface area contributed by atoms with Crippen molar-refractivity contribution in [3.63, 3.8) is 0 Å². The first-order valence-corrected chi connectivity index (χ1v) is 4.38. The second-order valence-electron chi connectivity index (χ2n) is 2.06. The smallest absolute Gasteiger partial charge is 0.122 e. The van der Waals surface area contributed by atoms with Gasteiger partial charge in [0, 0.05) is 6.20 Å². The number of fused-ring (bicyclic) bond motifs is 1. The van der Waals surface area contributed by atoms with E-state index >= 15 is 0 Å². The van der Waals surface area contributed by atoms with Gasteiger partial charge in [-0.3, -0.25) is 10.1 Å². The molecule has 0 amide bonds. The van der Waals surface area contributed by atoms with Crippen molar-refractivity contribution in [2.45, 2.75) is 0 Å². The summed E-state index contributed by atoms with van der Waals surface area (Å²) < 4.78 is 0.939. The monoisotopic (exact) mass is 279 g/mol. The summed E-state index contributed by atoms with van der Waals surface area (Å²) in [7, 11) is 0. The molecule has 2 aromatic heterocycles. The topological polar surface area (TPSA) is 41.6 Å². The van der Waals surface area contributed by atoms with Crippen LogP contribution in [0.2, 0.25) is 5.02 Å². The van der Waals surface area contributed by atoms with Gasteiger partial charge < -0.3 is 0 Å². The average Bonchev–Trinajstić information content (AvgIpc) is 2.32. The van der Waals surface area contributed by atoms with Crippen molar-refractivity contribution < 1.29 is 0 Å². The van der Waals surface area contributed by atoms with Crippen molar-refractivity contribution in [2.75, 3.05) is 0 Å². The van der Waals surface area contributed by atoms with Crippen molar-refractivity contribution in [3.05, 3.63) is 21.0 Å². The molecule has 0 bridgehead atoms. The van der Waals surface area contributed by atoms with Gasteiger partial charge in [-0.05, 0) is 28.7 Å². The molecular formula is C6H3ClIN3. The Kier molecular flexibility index (Phi) is 1.72. The van der Waals surface area contributed by atoms with Crippen LogP contribution in [0, 0.1) is 3.70 Å². The zero-order chi connectivity index (χ0) is 7.84. The van der Waals surface area contributed by atoms with Crippen molar-refractivity contribution in [1.29, 1.82) is 0 Å². The molecule has 0 unspecified atom stereocenters. The van der Waals surface area contributed by atoms with Crippen LogP contribution in [0.1, 0.15) is 0 Å². The summed E-state index contributed by atoms with van der Waals surface area (Å²) in [5.41, 5.74) is 1.68. The Balaban J connectivity index is 2.86.